The molecule has 33 heavy (non-hydrogen) atoms. The van der Waals surface area contributed by atoms with Crippen LogP contribution < -0.4 is 10.3 Å². The average Bonchev–Trinajstić information content (AvgIpc) is 2.83. The van der Waals surface area contributed by atoms with Gasteiger partial charge in [0.2, 0.25) is 0 Å². The first-order valence-electron chi connectivity index (χ1n) is 10.4. The summed E-state index contributed by atoms with van der Waals surface area (Å²) in [6.07, 6.45) is 0. The molecule has 0 fully saturated rings. The number of benzene rings is 4. The van der Waals surface area contributed by atoms with Crippen molar-refractivity contribution in [2.75, 3.05) is 5.32 Å². The molecular formula is C27H25ClN2O2S. The Morgan fingerprint density at radius 3 is 1.88 bits per heavy atom. The highest BCUT2D eigenvalue weighted by Gasteiger charge is 2.11. The molecule has 0 aliphatic rings. The van der Waals surface area contributed by atoms with Crippen LogP contribution in [-0.4, -0.2) is 14.6 Å². The van der Waals surface area contributed by atoms with E-state index in [4.69, 9.17) is 11.6 Å². The molecule has 0 spiro atoms. The van der Waals surface area contributed by atoms with E-state index < -0.39 is 11.1 Å². The molecule has 0 heterocycles. The van der Waals surface area contributed by atoms with Crippen LogP contribution in [0.25, 0.3) is 0 Å². The minimum Gasteiger partial charge on any atom is -0.768 e. The monoisotopic (exact) mass is 476 g/mol. The van der Waals surface area contributed by atoms with Crippen LogP contribution in [0.4, 0.5) is 11.4 Å². The van der Waals surface area contributed by atoms with Gasteiger partial charge in [0.15, 0.2) is 0 Å². The van der Waals surface area contributed by atoms with Gasteiger partial charge in [-0.05, 0) is 85.6 Å². The Labute approximate surface area is 202 Å². The molecule has 4 nitrogen and oxygen atoms in total. The lowest BCUT2D eigenvalue weighted by Gasteiger charge is -2.04. The van der Waals surface area contributed by atoms with Crippen molar-refractivity contribution in [3.05, 3.63) is 125 Å². The molecule has 0 radical (unpaired) electrons. The first kappa shape index (κ1) is 24.4. The molecule has 0 saturated carbocycles. The Bertz CT molecular complexity index is 1210. The Morgan fingerprint density at radius 2 is 1.33 bits per heavy atom. The highest BCUT2D eigenvalue weighted by Crippen LogP contribution is 2.12. The molecule has 6 heteroatoms. The largest absolute Gasteiger partial charge is 0.768 e. The fourth-order valence-electron chi connectivity index (χ4n) is 2.89. The van der Waals surface area contributed by atoms with Crippen LogP contribution in [-0.2, 0) is 11.1 Å². The summed E-state index contributed by atoms with van der Waals surface area (Å²) in [6.45, 7) is 4.19. The van der Waals surface area contributed by atoms with Crippen molar-refractivity contribution >= 4 is 39.9 Å². The van der Waals surface area contributed by atoms with Crippen molar-refractivity contribution in [2.45, 2.75) is 18.7 Å². The normalized spacial score (nSPS) is 11.8. The maximum atomic E-state index is 10.3. The van der Waals surface area contributed by atoms with Crippen molar-refractivity contribution in [2.24, 2.45) is 0 Å². The number of aryl methyl sites for hydroxylation is 2. The number of hydrogen-bond acceptors (Lipinski definition) is 2. The van der Waals surface area contributed by atoms with Gasteiger partial charge in [-0.25, -0.2) is 10.3 Å². The SMILES string of the molecule is Cc1ccc(NC(=[NH+]c2ccc(C)cc2)c2ccccc2)cc1.O=S([O-])c1ccc(Cl)cc1. The van der Waals surface area contributed by atoms with E-state index in [2.05, 4.69) is 84.8 Å². The minimum atomic E-state index is -2.15. The second-order valence-corrected chi connectivity index (χ2v) is 8.79. The van der Waals surface area contributed by atoms with Crippen molar-refractivity contribution in [1.82, 2.24) is 0 Å². The summed E-state index contributed by atoms with van der Waals surface area (Å²) in [7, 11) is 0. The Hall–Kier alpha value is -3.25. The number of rotatable bonds is 4. The number of hydrogen-bond donors (Lipinski definition) is 2. The fraction of sp³-hybridized carbons (Fsp3) is 0.0741. The first-order chi connectivity index (χ1) is 15.9. The van der Waals surface area contributed by atoms with Crippen LogP contribution in [0, 0.1) is 13.8 Å². The fourth-order valence-corrected chi connectivity index (χ4v) is 3.37. The lowest BCUT2D eigenvalue weighted by atomic mass is 10.1. The third kappa shape index (κ3) is 7.99. The molecule has 0 aliphatic heterocycles. The molecule has 1 unspecified atom stereocenters. The van der Waals surface area contributed by atoms with Gasteiger partial charge in [-0.3, -0.25) is 4.21 Å². The van der Waals surface area contributed by atoms with E-state index in [9.17, 15) is 8.76 Å². The molecule has 1 atom stereocenters. The Morgan fingerprint density at radius 1 is 0.788 bits per heavy atom. The van der Waals surface area contributed by atoms with Gasteiger partial charge < -0.3 is 4.55 Å². The molecule has 4 aromatic carbocycles. The molecule has 4 rings (SSSR count). The van der Waals surface area contributed by atoms with E-state index in [0.717, 1.165) is 22.8 Å². The third-order valence-electron chi connectivity index (χ3n) is 4.71. The first-order valence-corrected chi connectivity index (χ1v) is 11.8. The maximum absolute atomic E-state index is 10.3. The van der Waals surface area contributed by atoms with E-state index in [1.165, 1.54) is 35.4 Å². The molecule has 4 aromatic rings. The van der Waals surface area contributed by atoms with Gasteiger partial charge in [0, 0.05) is 9.92 Å². The van der Waals surface area contributed by atoms with Gasteiger partial charge in [0.25, 0.3) is 5.84 Å². The van der Waals surface area contributed by atoms with E-state index in [0.29, 0.717) is 5.02 Å². The molecule has 0 amide bonds. The van der Waals surface area contributed by atoms with Crippen LogP contribution in [0.5, 0.6) is 0 Å². The molecule has 0 bridgehead atoms. The summed E-state index contributed by atoms with van der Waals surface area (Å²) in [4.78, 5) is 3.75. The van der Waals surface area contributed by atoms with Gasteiger partial charge in [-0.2, -0.15) is 0 Å². The molecule has 168 valence electrons. The summed E-state index contributed by atoms with van der Waals surface area (Å²) in [6, 6.07) is 33.1. The quantitative estimate of drug-likeness (QED) is 0.243. The van der Waals surface area contributed by atoms with Crippen LogP contribution in [0.2, 0.25) is 5.02 Å². The summed E-state index contributed by atoms with van der Waals surface area (Å²) in [5.41, 5.74) is 5.75. The van der Waals surface area contributed by atoms with Crippen molar-refractivity contribution in [3.8, 4) is 0 Å². The highest BCUT2D eigenvalue weighted by atomic mass is 35.5. The van der Waals surface area contributed by atoms with Crippen molar-refractivity contribution < 1.29 is 13.8 Å². The van der Waals surface area contributed by atoms with E-state index in [1.54, 1.807) is 0 Å². The highest BCUT2D eigenvalue weighted by molar-refractivity contribution is 7.79. The lowest BCUT2D eigenvalue weighted by molar-refractivity contribution is -0.352. The number of amidine groups is 1. The Kier molecular flexibility index (Phi) is 8.95. The number of anilines is 1. The molecule has 0 aromatic heterocycles. The maximum Gasteiger partial charge on any atom is 0.285 e. The average molecular weight is 477 g/mol. The van der Waals surface area contributed by atoms with Crippen molar-refractivity contribution in [1.29, 1.82) is 0 Å². The van der Waals surface area contributed by atoms with Crippen LogP contribution in [0.3, 0.4) is 0 Å². The molecule has 2 N–H and O–H groups in total. The molecular weight excluding hydrogens is 452 g/mol. The summed E-state index contributed by atoms with van der Waals surface area (Å²) in [5.74, 6) is 0.971. The second-order valence-electron chi connectivity index (χ2n) is 7.41. The van der Waals surface area contributed by atoms with E-state index in [-0.39, 0.29) is 4.90 Å². The van der Waals surface area contributed by atoms with Gasteiger partial charge in [0.05, 0.1) is 5.56 Å². The summed E-state index contributed by atoms with van der Waals surface area (Å²) >= 11 is 3.37. The Balaban J connectivity index is 0.000000257. The van der Waals surface area contributed by atoms with Gasteiger partial charge >= 0.3 is 0 Å². The van der Waals surface area contributed by atoms with Crippen molar-refractivity contribution in [3.63, 3.8) is 0 Å². The zero-order chi connectivity index (χ0) is 23.6. The van der Waals surface area contributed by atoms with Gasteiger partial charge in [0.1, 0.15) is 11.4 Å². The third-order valence-corrected chi connectivity index (χ3v) is 5.62. The standard InChI is InChI=1S/C21H20N2.C6H5ClO2S/c1-16-8-12-19(13-9-16)22-21(18-6-4-3-5-7-18)23-20-14-10-17(2)11-15-20;7-5-1-3-6(4-2-5)10(8)9/h3-15H,1-2H3,(H,22,23);1-4H,(H,8,9). The van der Waals surface area contributed by atoms with Crippen LogP contribution in [0.1, 0.15) is 16.7 Å². The lowest BCUT2D eigenvalue weighted by Crippen LogP contribution is -2.68. The summed E-state index contributed by atoms with van der Waals surface area (Å²) in [5, 5.41) is 4.03. The number of halogens is 1. The van der Waals surface area contributed by atoms with Gasteiger partial charge in [-0.1, -0.05) is 65.2 Å². The zero-order valence-electron chi connectivity index (χ0n) is 18.4. The molecule has 0 saturated heterocycles. The smallest absolute Gasteiger partial charge is 0.285 e. The van der Waals surface area contributed by atoms with Crippen LogP contribution in [0.15, 0.2) is 108 Å². The predicted octanol–water partition coefficient (Wildman–Crippen LogP) is 5.15. The summed E-state index contributed by atoms with van der Waals surface area (Å²) < 4.78 is 20.5. The van der Waals surface area contributed by atoms with Crippen LogP contribution >= 0.6 is 11.6 Å². The van der Waals surface area contributed by atoms with E-state index >= 15 is 0 Å². The van der Waals surface area contributed by atoms with Gasteiger partial charge in [-0.15, -0.1) is 0 Å². The second kappa shape index (κ2) is 12.1. The minimum absolute atomic E-state index is 0.254. The topological polar surface area (TPSA) is 66.1 Å². The zero-order valence-corrected chi connectivity index (χ0v) is 20.0. The van der Waals surface area contributed by atoms with E-state index in [1.807, 2.05) is 18.2 Å². The predicted molar refractivity (Wildman–Crippen MR) is 136 cm³/mol. The molecule has 0 aliphatic carbocycles. The number of nitrogens with one attached hydrogen (secondary N) is 2.